The minimum atomic E-state index is -0.234. The monoisotopic (exact) mass is 452 g/mol. The predicted octanol–water partition coefficient (Wildman–Crippen LogP) is 6.86. The number of carbonyl (C=O) groups excluding carboxylic acids is 1. The van der Waals surface area contributed by atoms with Gasteiger partial charge in [0.15, 0.2) is 0 Å². The Kier molecular flexibility index (Phi) is 5.24. The second kappa shape index (κ2) is 8.30. The molecule has 2 aromatic rings. The molecule has 0 bridgehead atoms. The summed E-state index contributed by atoms with van der Waals surface area (Å²) in [4.78, 5) is 13.1. The molecule has 0 amide bonds. The van der Waals surface area contributed by atoms with Gasteiger partial charge < -0.3 is 9.84 Å². The van der Waals surface area contributed by atoms with Crippen molar-refractivity contribution in [2.75, 3.05) is 0 Å². The second-order valence-corrected chi connectivity index (χ2v) is 10.7. The first kappa shape index (κ1) is 21.5. The quantitative estimate of drug-likeness (QED) is 0.551. The second-order valence-electron chi connectivity index (χ2n) is 10.7. The Morgan fingerprint density at radius 2 is 1.79 bits per heavy atom. The van der Waals surface area contributed by atoms with E-state index in [-0.39, 0.29) is 17.1 Å². The van der Waals surface area contributed by atoms with E-state index in [1.54, 1.807) is 12.1 Å². The van der Waals surface area contributed by atoms with Gasteiger partial charge in [0.05, 0.1) is 0 Å². The number of allylic oxidation sites excluding steroid dienone is 5. The summed E-state index contributed by atoms with van der Waals surface area (Å²) < 4.78 is 6.16. The number of ether oxygens (including phenoxy) is 1. The highest BCUT2D eigenvalue weighted by molar-refractivity contribution is 5.87. The van der Waals surface area contributed by atoms with Crippen molar-refractivity contribution in [1.82, 2.24) is 0 Å². The molecule has 2 aromatic carbocycles. The fourth-order valence-corrected chi connectivity index (χ4v) is 7.18. The normalized spacial score (nSPS) is 32.0. The Labute approximate surface area is 201 Å². The molecule has 0 saturated heterocycles. The van der Waals surface area contributed by atoms with Crippen LogP contribution in [-0.2, 0) is 16.1 Å². The van der Waals surface area contributed by atoms with Crippen LogP contribution >= 0.6 is 0 Å². The molecular weight excluding hydrogens is 420 g/mol. The molecule has 2 fully saturated rings. The van der Waals surface area contributed by atoms with E-state index in [2.05, 4.69) is 37.3 Å². The van der Waals surface area contributed by atoms with Crippen LogP contribution in [0.3, 0.4) is 0 Å². The van der Waals surface area contributed by atoms with E-state index in [4.69, 9.17) is 4.74 Å². The number of hydrogen-bond acceptors (Lipinski definition) is 3. The average Bonchev–Trinajstić information content (AvgIpc) is 3.17. The van der Waals surface area contributed by atoms with Gasteiger partial charge in [-0.25, -0.2) is 0 Å². The van der Waals surface area contributed by atoms with Crippen molar-refractivity contribution in [3.63, 3.8) is 0 Å². The van der Waals surface area contributed by atoms with Crippen LogP contribution in [0.25, 0.3) is 0 Å². The van der Waals surface area contributed by atoms with Gasteiger partial charge in [0, 0.05) is 23.7 Å². The fraction of sp³-hybridized carbons (Fsp3) is 0.387. The molecule has 0 heterocycles. The lowest BCUT2D eigenvalue weighted by atomic mass is 9.53. The number of carbonyl (C=O) groups is 1. The topological polar surface area (TPSA) is 46.5 Å². The standard InChI is InChI=1S/C31H32O3/c1-31-18-27(21-7-10-23(32)11-8-21)30-25-14-12-24(34-19-20-5-3-2-4-6-20)17-22(25)9-13-26(30)28(31)15-16-29(31)33/h2-8,10-12,14,17,22,26-28,32H,9,13,15-16,18-19H2,1H3/t22?,26-,27+,28-,31-/m0/s1. The molecule has 4 aliphatic carbocycles. The van der Waals surface area contributed by atoms with Crippen LogP contribution in [-0.4, -0.2) is 10.9 Å². The molecule has 0 aliphatic heterocycles. The highest BCUT2D eigenvalue weighted by Gasteiger charge is 2.56. The Balaban J connectivity index is 1.35. The van der Waals surface area contributed by atoms with Crippen LogP contribution in [0.15, 0.2) is 89.7 Å². The first-order valence-electron chi connectivity index (χ1n) is 12.7. The number of hydrogen-bond donors (Lipinski definition) is 1. The van der Waals surface area contributed by atoms with Crippen LogP contribution in [0.2, 0.25) is 0 Å². The molecule has 0 spiro atoms. The lowest BCUT2D eigenvalue weighted by Gasteiger charge is -2.50. The Bertz CT molecular complexity index is 1190. The smallest absolute Gasteiger partial charge is 0.139 e. The molecule has 4 aliphatic rings. The SMILES string of the molecule is C[C@]12C[C@H](c3ccc(O)cc3)C3=C4C=CC(OCc5ccccc5)=CC4CC[C@H]3[C@@H]1CCC2=O. The molecule has 174 valence electrons. The summed E-state index contributed by atoms with van der Waals surface area (Å²) in [6.07, 6.45) is 11.6. The van der Waals surface area contributed by atoms with Crippen LogP contribution in [0, 0.1) is 23.2 Å². The number of rotatable bonds is 4. The van der Waals surface area contributed by atoms with Gasteiger partial charge in [-0.3, -0.25) is 4.79 Å². The van der Waals surface area contributed by atoms with Crippen molar-refractivity contribution < 1.29 is 14.6 Å². The first-order valence-corrected chi connectivity index (χ1v) is 12.7. The number of ketones is 1. The number of aromatic hydroxyl groups is 1. The number of phenols is 1. The van der Waals surface area contributed by atoms with Crippen molar-refractivity contribution in [3.8, 4) is 5.75 Å². The molecule has 6 rings (SSSR count). The summed E-state index contributed by atoms with van der Waals surface area (Å²) in [5.74, 6) is 3.18. The van der Waals surface area contributed by atoms with Crippen molar-refractivity contribution in [3.05, 3.63) is 101 Å². The molecule has 2 saturated carbocycles. The maximum Gasteiger partial charge on any atom is 0.139 e. The van der Waals surface area contributed by atoms with Gasteiger partial charge in [0.1, 0.15) is 23.9 Å². The number of phenolic OH excluding ortho intramolecular Hbond substituents is 1. The minimum absolute atomic E-state index is 0.219. The fourth-order valence-electron chi connectivity index (χ4n) is 7.18. The van der Waals surface area contributed by atoms with E-state index in [9.17, 15) is 9.90 Å². The summed E-state index contributed by atoms with van der Waals surface area (Å²) in [5, 5.41) is 9.88. The molecule has 3 heteroatoms. The van der Waals surface area contributed by atoms with Gasteiger partial charge in [-0.05, 0) is 78.5 Å². The largest absolute Gasteiger partial charge is 0.508 e. The van der Waals surface area contributed by atoms with E-state index in [0.29, 0.717) is 30.1 Å². The third kappa shape index (κ3) is 3.53. The van der Waals surface area contributed by atoms with Crippen LogP contribution < -0.4 is 0 Å². The molecule has 1 unspecified atom stereocenters. The zero-order valence-corrected chi connectivity index (χ0v) is 19.7. The Morgan fingerprint density at radius 3 is 2.59 bits per heavy atom. The molecule has 34 heavy (non-hydrogen) atoms. The van der Waals surface area contributed by atoms with Crippen molar-refractivity contribution >= 4 is 5.78 Å². The molecule has 5 atom stereocenters. The summed E-state index contributed by atoms with van der Waals surface area (Å²) in [6.45, 7) is 2.80. The van der Waals surface area contributed by atoms with E-state index < -0.39 is 0 Å². The zero-order chi connectivity index (χ0) is 23.3. The minimum Gasteiger partial charge on any atom is -0.508 e. The third-order valence-corrected chi connectivity index (χ3v) is 8.88. The van der Waals surface area contributed by atoms with E-state index in [0.717, 1.165) is 37.9 Å². The highest BCUT2D eigenvalue weighted by atomic mass is 16.5. The summed E-state index contributed by atoms with van der Waals surface area (Å²) >= 11 is 0. The van der Waals surface area contributed by atoms with E-state index in [1.165, 1.54) is 22.3 Å². The average molecular weight is 453 g/mol. The number of benzene rings is 2. The van der Waals surface area contributed by atoms with E-state index in [1.807, 2.05) is 30.3 Å². The predicted molar refractivity (Wildman–Crippen MR) is 133 cm³/mol. The number of fused-ring (bicyclic) bond motifs is 4. The number of Topliss-reactive ketones (excluding diaryl/α,β-unsaturated/α-hetero) is 1. The van der Waals surface area contributed by atoms with Gasteiger partial charge in [-0.2, -0.15) is 0 Å². The first-order chi connectivity index (χ1) is 16.5. The summed E-state index contributed by atoms with van der Waals surface area (Å²) in [6, 6.07) is 18.0. The molecule has 0 radical (unpaired) electrons. The van der Waals surface area contributed by atoms with Crippen molar-refractivity contribution in [1.29, 1.82) is 0 Å². The zero-order valence-electron chi connectivity index (χ0n) is 19.7. The Hall–Kier alpha value is -3.07. The maximum absolute atomic E-state index is 13.1. The highest BCUT2D eigenvalue weighted by Crippen LogP contribution is 2.62. The summed E-state index contributed by atoms with van der Waals surface area (Å²) in [7, 11) is 0. The Morgan fingerprint density at radius 1 is 1.00 bits per heavy atom. The molecule has 0 aromatic heterocycles. The van der Waals surface area contributed by atoms with Gasteiger partial charge in [0.25, 0.3) is 0 Å². The van der Waals surface area contributed by atoms with Crippen LogP contribution in [0.1, 0.15) is 56.1 Å². The molecular formula is C31H32O3. The lowest BCUT2D eigenvalue weighted by molar-refractivity contribution is -0.128. The maximum atomic E-state index is 13.1. The van der Waals surface area contributed by atoms with Gasteiger partial charge in [0.2, 0.25) is 0 Å². The van der Waals surface area contributed by atoms with Crippen LogP contribution in [0.5, 0.6) is 5.75 Å². The van der Waals surface area contributed by atoms with Gasteiger partial charge in [-0.15, -0.1) is 0 Å². The van der Waals surface area contributed by atoms with Gasteiger partial charge in [-0.1, -0.05) is 61.0 Å². The van der Waals surface area contributed by atoms with Gasteiger partial charge >= 0.3 is 0 Å². The lowest BCUT2D eigenvalue weighted by Crippen LogP contribution is -2.43. The van der Waals surface area contributed by atoms with E-state index >= 15 is 0 Å². The van der Waals surface area contributed by atoms with Crippen molar-refractivity contribution in [2.45, 2.75) is 51.6 Å². The van der Waals surface area contributed by atoms with Crippen molar-refractivity contribution in [2.24, 2.45) is 23.2 Å². The van der Waals surface area contributed by atoms with Crippen LogP contribution in [0.4, 0.5) is 0 Å². The molecule has 3 nitrogen and oxygen atoms in total. The third-order valence-electron chi connectivity index (χ3n) is 8.88. The molecule has 1 N–H and O–H groups in total. The summed E-state index contributed by atoms with van der Waals surface area (Å²) in [5.41, 5.74) is 5.13.